The van der Waals surface area contributed by atoms with E-state index in [1.54, 1.807) is 12.1 Å². The molecule has 15 heavy (non-hydrogen) atoms. The number of carbonyl (C=O) groups is 3. The van der Waals surface area contributed by atoms with Crippen molar-refractivity contribution in [3.63, 3.8) is 0 Å². The van der Waals surface area contributed by atoms with Crippen LogP contribution in [-0.2, 0) is 11.2 Å². The molecule has 1 aliphatic rings. The molecule has 3 amide bonds. The summed E-state index contributed by atoms with van der Waals surface area (Å²) < 4.78 is 0. The molecule has 0 aliphatic carbocycles. The van der Waals surface area contributed by atoms with E-state index in [1.165, 1.54) is 0 Å². The summed E-state index contributed by atoms with van der Waals surface area (Å²) in [5.41, 5.74) is 1.19. The molecule has 3 N–H and O–H groups in total. The van der Waals surface area contributed by atoms with E-state index in [1.807, 2.05) is 0 Å². The Bertz CT molecular complexity index is 424. The first kappa shape index (κ1) is 9.45. The van der Waals surface area contributed by atoms with Gasteiger partial charge in [0.05, 0.1) is 5.69 Å². The first-order valence-corrected chi connectivity index (χ1v) is 4.43. The first-order chi connectivity index (χ1) is 7.19. The SMILES string of the molecule is O=Cc1ccc(CC2NC(=O)NC2=O)[nH]1. The number of urea groups is 1. The molecule has 1 unspecified atom stereocenters. The van der Waals surface area contributed by atoms with Crippen molar-refractivity contribution in [2.24, 2.45) is 0 Å². The Morgan fingerprint density at radius 3 is 2.67 bits per heavy atom. The molecule has 78 valence electrons. The van der Waals surface area contributed by atoms with Crippen molar-refractivity contribution >= 4 is 18.2 Å². The number of aromatic nitrogens is 1. The number of rotatable bonds is 3. The van der Waals surface area contributed by atoms with Gasteiger partial charge < -0.3 is 10.3 Å². The van der Waals surface area contributed by atoms with Gasteiger partial charge in [0.2, 0.25) is 0 Å². The average molecular weight is 207 g/mol. The van der Waals surface area contributed by atoms with Crippen molar-refractivity contribution in [2.45, 2.75) is 12.5 Å². The van der Waals surface area contributed by atoms with Gasteiger partial charge in [0.25, 0.3) is 5.91 Å². The molecule has 0 spiro atoms. The summed E-state index contributed by atoms with van der Waals surface area (Å²) >= 11 is 0. The summed E-state index contributed by atoms with van der Waals surface area (Å²) in [5, 5.41) is 4.61. The minimum Gasteiger partial charge on any atom is -0.356 e. The highest BCUT2D eigenvalue weighted by molar-refractivity contribution is 6.04. The lowest BCUT2D eigenvalue weighted by Crippen LogP contribution is -2.31. The van der Waals surface area contributed by atoms with Crippen LogP contribution >= 0.6 is 0 Å². The largest absolute Gasteiger partial charge is 0.356 e. The van der Waals surface area contributed by atoms with Crippen molar-refractivity contribution in [3.05, 3.63) is 23.5 Å². The molecule has 0 saturated carbocycles. The molecule has 1 saturated heterocycles. The van der Waals surface area contributed by atoms with E-state index in [0.29, 0.717) is 18.4 Å². The van der Waals surface area contributed by atoms with Gasteiger partial charge >= 0.3 is 6.03 Å². The van der Waals surface area contributed by atoms with Crippen LogP contribution in [0.3, 0.4) is 0 Å². The van der Waals surface area contributed by atoms with E-state index in [2.05, 4.69) is 15.6 Å². The zero-order valence-corrected chi connectivity index (χ0v) is 7.74. The van der Waals surface area contributed by atoms with Gasteiger partial charge in [-0.2, -0.15) is 0 Å². The number of aromatic amines is 1. The summed E-state index contributed by atoms with van der Waals surface area (Å²) in [6, 6.07) is 2.29. The third-order valence-electron chi connectivity index (χ3n) is 2.18. The van der Waals surface area contributed by atoms with Crippen LogP contribution in [0, 0.1) is 0 Å². The van der Waals surface area contributed by atoms with Crippen molar-refractivity contribution < 1.29 is 14.4 Å². The van der Waals surface area contributed by atoms with Crippen LogP contribution < -0.4 is 10.6 Å². The highest BCUT2D eigenvalue weighted by Crippen LogP contribution is 2.05. The fourth-order valence-electron chi connectivity index (χ4n) is 1.47. The molecule has 0 radical (unpaired) electrons. The normalized spacial score (nSPS) is 19.9. The maximum absolute atomic E-state index is 11.2. The van der Waals surface area contributed by atoms with Gasteiger partial charge in [0, 0.05) is 12.1 Å². The molecule has 0 bridgehead atoms. The lowest BCUT2D eigenvalue weighted by molar-refractivity contribution is -0.120. The molecule has 2 heterocycles. The van der Waals surface area contributed by atoms with Crippen LogP contribution in [0.25, 0.3) is 0 Å². The summed E-state index contributed by atoms with van der Waals surface area (Å²) in [4.78, 5) is 35.2. The Hall–Kier alpha value is -2.11. The van der Waals surface area contributed by atoms with Crippen molar-refractivity contribution in [1.29, 1.82) is 0 Å². The zero-order valence-electron chi connectivity index (χ0n) is 7.74. The summed E-state index contributed by atoms with van der Waals surface area (Å²) in [6.07, 6.45) is 1.04. The van der Waals surface area contributed by atoms with Gasteiger partial charge in [-0.05, 0) is 12.1 Å². The molecule has 1 aliphatic heterocycles. The maximum Gasteiger partial charge on any atom is 0.322 e. The summed E-state index contributed by atoms with van der Waals surface area (Å²) in [7, 11) is 0. The predicted molar refractivity (Wildman–Crippen MR) is 50.3 cm³/mol. The summed E-state index contributed by atoms with van der Waals surface area (Å²) in [5.74, 6) is -0.345. The molecule has 0 aromatic carbocycles. The zero-order chi connectivity index (χ0) is 10.8. The van der Waals surface area contributed by atoms with Gasteiger partial charge in [0.15, 0.2) is 6.29 Å². The molecular weight excluding hydrogens is 198 g/mol. The van der Waals surface area contributed by atoms with Crippen molar-refractivity contribution in [2.75, 3.05) is 0 Å². The Balaban J connectivity index is 2.05. The van der Waals surface area contributed by atoms with Gasteiger partial charge in [-0.25, -0.2) is 4.79 Å². The number of aldehydes is 1. The van der Waals surface area contributed by atoms with Crippen molar-refractivity contribution in [3.8, 4) is 0 Å². The van der Waals surface area contributed by atoms with Crippen LogP contribution in [0.5, 0.6) is 0 Å². The van der Waals surface area contributed by atoms with Crippen LogP contribution in [0.4, 0.5) is 4.79 Å². The number of H-pyrrole nitrogens is 1. The Labute approximate surface area is 85.0 Å². The topological polar surface area (TPSA) is 91.1 Å². The smallest absolute Gasteiger partial charge is 0.322 e. The fourth-order valence-corrected chi connectivity index (χ4v) is 1.47. The van der Waals surface area contributed by atoms with Gasteiger partial charge in [-0.15, -0.1) is 0 Å². The second-order valence-corrected chi connectivity index (χ2v) is 3.28. The van der Waals surface area contributed by atoms with Crippen LogP contribution in [0.2, 0.25) is 0 Å². The number of imide groups is 1. The van der Waals surface area contributed by atoms with Gasteiger partial charge in [-0.1, -0.05) is 0 Å². The minimum absolute atomic E-state index is 0.345. The van der Waals surface area contributed by atoms with E-state index in [4.69, 9.17) is 0 Å². The average Bonchev–Trinajstić information content (AvgIpc) is 2.75. The molecular formula is C9H9N3O3. The van der Waals surface area contributed by atoms with Gasteiger partial charge in [-0.3, -0.25) is 14.9 Å². The first-order valence-electron chi connectivity index (χ1n) is 4.43. The summed E-state index contributed by atoms with van der Waals surface area (Å²) in [6.45, 7) is 0. The van der Waals surface area contributed by atoms with E-state index < -0.39 is 12.1 Å². The Morgan fingerprint density at radius 2 is 2.13 bits per heavy atom. The number of carbonyl (C=O) groups excluding carboxylic acids is 3. The third kappa shape index (κ3) is 1.88. The molecule has 6 heteroatoms. The quantitative estimate of drug-likeness (QED) is 0.464. The minimum atomic E-state index is -0.560. The van der Waals surface area contributed by atoms with Crippen LogP contribution in [-0.4, -0.2) is 29.3 Å². The number of hydrogen-bond donors (Lipinski definition) is 3. The Morgan fingerprint density at radius 1 is 1.33 bits per heavy atom. The molecule has 1 fully saturated rings. The molecule has 1 aromatic rings. The second-order valence-electron chi connectivity index (χ2n) is 3.28. The number of hydrogen-bond acceptors (Lipinski definition) is 3. The van der Waals surface area contributed by atoms with Crippen LogP contribution in [0.1, 0.15) is 16.2 Å². The fraction of sp³-hybridized carbons (Fsp3) is 0.222. The number of nitrogens with one attached hydrogen (secondary N) is 3. The van der Waals surface area contributed by atoms with Gasteiger partial charge in [0.1, 0.15) is 6.04 Å². The second kappa shape index (κ2) is 3.56. The molecule has 6 nitrogen and oxygen atoms in total. The van der Waals surface area contributed by atoms with Crippen molar-refractivity contribution in [1.82, 2.24) is 15.6 Å². The van der Waals surface area contributed by atoms with Crippen LogP contribution in [0.15, 0.2) is 12.1 Å². The molecule has 1 aromatic heterocycles. The van der Waals surface area contributed by atoms with E-state index >= 15 is 0 Å². The predicted octanol–water partition coefficient (Wildman–Crippen LogP) is -0.422. The molecule has 2 rings (SSSR count). The van der Waals surface area contributed by atoms with E-state index in [9.17, 15) is 14.4 Å². The monoisotopic (exact) mass is 207 g/mol. The lowest BCUT2D eigenvalue weighted by atomic mass is 10.1. The van der Waals surface area contributed by atoms with E-state index in [-0.39, 0.29) is 5.91 Å². The maximum atomic E-state index is 11.2. The highest BCUT2D eigenvalue weighted by Gasteiger charge is 2.29. The lowest BCUT2D eigenvalue weighted by Gasteiger charge is -2.04. The highest BCUT2D eigenvalue weighted by atomic mass is 16.2. The third-order valence-corrected chi connectivity index (χ3v) is 2.18. The molecule has 1 atom stereocenters. The standard InChI is InChI=1S/C9H9N3O3/c13-4-6-2-1-5(10-6)3-7-8(14)12-9(15)11-7/h1-2,4,7,10H,3H2,(H2,11,12,14,15). The Kier molecular flexibility index (Phi) is 2.24. The number of amides is 3. The van der Waals surface area contributed by atoms with E-state index in [0.717, 1.165) is 5.69 Å².